The molecule has 7 heteroatoms. The van der Waals surface area contributed by atoms with Gasteiger partial charge >= 0.3 is 5.69 Å². The molecule has 0 saturated carbocycles. The van der Waals surface area contributed by atoms with E-state index < -0.39 is 15.7 Å². The van der Waals surface area contributed by atoms with Gasteiger partial charge in [0, 0.05) is 6.54 Å². The molecule has 1 N–H and O–H groups in total. The Morgan fingerprint density at radius 3 is 2.70 bits per heavy atom. The van der Waals surface area contributed by atoms with Crippen molar-refractivity contribution in [3.8, 4) is 0 Å². The Balaban J connectivity index is 1.92. The highest BCUT2D eigenvalue weighted by molar-refractivity contribution is 7.91. The predicted octanol–water partition coefficient (Wildman–Crippen LogP) is 1.29. The summed E-state index contributed by atoms with van der Waals surface area (Å²) >= 11 is 0. The summed E-state index contributed by atoms with van der Waals surface area (Å²) in [5.74, 6) is -0.0479. The van der Waals surface area contributed by atoms with Crippen molar-refractivity contribution in [1.82, 2.24) is 9.55 Å². The maximum atomic E-state index is 13.9. The van der Waals surface area contributed by atoms with Crippen LogP contribution in [0.15, 0.2) is 23.0 Å². The molecule has 0 radical (unpaired) electrons. The molecule has 1 fully saturated rings. The van der Waals surface area contributed by atoms with E-state index >= 15 is 0 Å². The van der Waals surface area contributed by atoms with E-state index in [2.05, 4.69) is 4.98 Å². The number of nitrogens with zero attached hydrogens (tertiary/aromatic N) is 1. The van der Waals surface area contributed by atoms with E-state index in [-0.39, 0.29) is 28.6 Å². The summed E-state index contributed by atoms with van der Waals surface area (Å²) in [6, 6.07) is 4.52. The van der Waals surface area contributed by atoms with Crippen molar-refractivity contribution in [2.24, 2.45) is 5.92 Å². The normalized spacial score (nSPS) is 19.4. The van der Waals surface area contributed by atoms with Crippen molar-refractivity contribution < 1.29 is 12.8 Å². The third kappa shape index (κ3) is 2.37. The molecule has 0 unspecified atom stereocenters. The van der Waals surface area contributed by atoms with E-state index in [1.807, 2.05) is 0 Å². The van der Waals surface area contributed by atoms with Crippen molar-refractivity contribution in [3.05, 3.63) is 34.5 Å². The van der Waals surface area contributed by atoms with Crippen LogP contribution in [-0.4, -0.2) is 29.5 Å². The zero-order valence-electron chi connectivity index (χ0n) is 10.8. The number of hydrogen-bond acceptors (Lipinski definition) is 3. The van der Waals surface area contributed by atoms with Crippen LogP contribution in [-0.2, 0) is 16.4 Å². The van der Waals surface area contributed by atoms with Crippen molar-refractivity contribution in [2.45, 2.75) is 19.4 Å². The third-order valence-corrected chi connectivity index (χ3v) is 5.57. The van der Waals surface area contributed by atoms with Gasteiger partial charge in [0.25, 0.3) is 0 Å². The van der Waals surface area contributed by atoms with Gasteiger partial charge in [0.05, 0.1) is 17.0 Å². The molecule has 5 nitrogen and oxygen atoms in total. The van der Waals surface area contributed by atoms with Gasteiger partial charge in [0.1, 0.15) is 21.2 Å². The number of imidazole rings is 1. The van der Waals surface area contributed by atoms with Crippen LogP contribution >= 0.6 is 0 Å². The van der Waals surface area contributed by atoms with E-state index in [1.165, 1.54) is 10.6 Å². The van der Waals surface area contributed by atoms with Crippen molar-refractivity contribution in [2.75, 3.05) is 11.5 Å². The number of aromatic amines is 1. The van der Waals surface area contributed by atoms with Gasteiger partial charge in [-0.05, 0) is 30.9 Å². The molecule has 0 spiro atoms. The fourth-order valence-corrected chi connectivity index (χ4v) is 4.32. The Hall–Kier alpha value is -1.63. The molecular formula is C13H15FN2O3S. The molecule has 1 aliphatic rings. The lowest BCUT2D eigenvalue weighted by Crippen LogP contribution is -2.29. The van der Waals surface area contributed by atoms with Crippen LogP contribution in [0.5, 0.6) is 0 Å². The quantitative estimate of drug-likeness (QED) is 0.908. The summed E-state index contributed by atoms with van der Waals surface area (Å²) in [5, 5.41) is 0. The number of para-hydroxylation sites is 1. The number of aromatic nitrogens is 2. The van der Waals surface area contributed by atoms with Gasteiger partial charge in [-0.2, -0.15) is 0 Å². The molecule has 2 aromatic rings. The SMILES string of the molecule is O=c1[nH]c2cccc(F)c2n1CC1CCS(=O)(=O)CC1. The second-order valence-electron chi connectivity index (χ2n) is 5.27. The van der Waals surface area contributed by atoms with Crippen LogP contribution < -0.4 is 5.69 Å². The van der Waals surface area contributed by atoms with Gasteiger partial charge in [-0.15, -0.1) is 0 Å². The standard InChI is InChI=1S/C13H15FN2O3S/c14-10-2-1-3-11-12(10)16(13(17)15-11)8-9-4-6-20(18,19)7-5-9/h1-3,9H,4-8H2,(H,15,17). The molecule has 3 rings (SSSR count). The van der Waals surface area contributed by atoms with Crippen LogP contribution in [0.4, 0.5) is 4.39 Å². The van der Waals surface area contributed by atoms with E-state index in [1.54, 1.807) is 12.1 Å². The van der Waals surface area contributed by atoms with E-state index in [0.29, 0.717) is 24.9 Å². The van der Waals surface area contributed by atoms with Crippen molar-refractivity contribution >= 4 is 20.9 Å². The number of sulfone groups is 1. The van der Waals surface area contributed by atoms with Gasteiger partial charge in [-0.3, -0.25) is 4.57 Å². The fourth-order valence-electron chi connectivity index (χ4n) is 2.73. The van der Waals surface area contributed by atoms with Crippen LogP contribution in [0.3, 0.4) is 0 Å². The number of rotatable bonds is 2. The Kier molecular flexibility index (Phi) is 3.16. The minimum absolute atomic E-state index is 0.0924. The molecule has 0 aliphatic carbocycles. The molecule has 1 aromatic heterocycles. The number of H-pyrrole nitrogens is 1. The molecular weight excluding hydrogens is 283 g/mol. The number of fused-ring (bicyclic) bond motifs is 1. The van der Waals surface area contributed by atoms with Crippen molar-refractivity contribution in [3.63, 3.8) is 0 Å². The smallest absolute Gasteiger partial charge is 0.305 e. The highest BCUT2D eigenvalue weighted by Crippen LogP contribution is 2.22. The second kappa shape index (κ2) is 4.73. The number of benzene rings is 1. The van der Waals surface area contributed by atoms with Gasteiger partial charge in [-0.25, -0.2) is 17.6 Å². The third-order valence-electron chi connectivity index (χ3n) is 3.86. The summed E-state index contributed by atoms with van der Waals surface area (Å²) in [5.41, 5.74) is 0.392. The number of halogens is 1. The van der Waals surface area contributed by atoms with E-state index in [0.717, 1.165) is 0 Å². The molecule has 0 bridgehead atoms. The zero-order valence-corrected chi connectivity index (χ0v) is 11.6. The highest BCUT2D eigenvalue weighted by Gasteiger charge is 2.25. The van der Waals surface area contributed by atoms with Gasteiger partial charge in [0.15, 0.2) is 0 Å². The van der Waals surface area contributed by atoms with Gasteiger partial charge in [0.2, 0.25) is 0 Å². The molecule has 0 amide bonds. The maximum Gasteiger partial charge on any atom is 0.326 e. The number of hydrogen-bond donors (Lipinski definition) is 1. The lowest BCUT2D eigenvalue weighted by atomic mass is 10.0. The Labute approximate surface area is 115 Å². The zero-order chi connectivity index (χ0) is 14.3. The summed E-state index contributed by atoms with van der Waals surface area (Å²) in [6.45, 7) is 0.356. The van der Waals surface area contributed by atoms with Gasteiger partial charge < -0.3 is 4.98 Å². The lowest BCUT2D eigenvalue weighted by Gasteiger charge is -2.22. The summed E-state index contributed by atoms with van der Waals surface area (Å²) in [4.78, 5) is 14.5. The molecule has 1 saturated heterocycles. The largest absolute Gasteiger partial charge is 0.326 e. The second-order valence-corrected chi connectivity index (χ2v) is 7.58. The van der Waals surface area contributed by atoms with Crippen molar-refractivity contribution in [1.29, 1.82) is 0 Å². The first-order valence-electron chi connectivity index (χ1n) is 6.54. The minimum atomic E-state index is -2.92. The number of nitrogens with one attached hydrogen (secondary N) is 1. The molecule has 1 aliphatic heterocycles. The Bertz CT molecular complexity index is 793. The molecule has 108 valence electrons. The summed E-state index contributed by atoms with van der Waals surface area (Å²) < 4.78 is 38.0. The maximum absolute atomic E-state index is 13.9. The monoisotopic (exact) mass is 298 g/mol. The minimum Gasteiger partial charge on any atom is -0.305 e. The molecule has 2 heterocycles. The van der Waals surface area contributed by atoms with Crippen LogP contribution in [0, 0.1) is 11.7 Å². The van der Waals surface area contributed by atoms with Crippen LogP contribution in [0.25, 0.3) is 11.0 Å². The van der Waals surface area contributed by atoms with E-state index in [4.69, 9.17) is 0 Å². The van der Waals surface area contributed by atoms with E-state index in [9.17, 15) is 17.6 Å². The first kappa shape index (κ1) is 13.4. The average Bonchev–Trinajstić information content (AvgIpc) is 2.70. The van der Waals surface area contributed by atoms with Gasteiger partial charge in [-0.1, -0.05) is 6.07 Å². The van der Waals surface area contributed by atoms with Crippen LogP contribution in [0.1, 0.15) is 12.8 Å². The first-order chi connectivity index (χ1) is 9.46. The van der Waals surface area contributed by atoms with Crippen LogP contribution in [0.2, 0.25) is 0 Å². The highest BCUT2D eigenvalue weighted by atomic mass is 32.2. The summed E-state index contributed by atoms with van der Waals surface area (Å²) in [6.07, 6.45) is 1.05. The molecule has 1 aromatic carbocycles. The lowest BCUT2D eigenvalue weighted by molar-refractivity contribution is 0.402. The first-order valence-corrected chi connectivity index (χ1v) is 8.36. The fraction of sp³-hybridized carbons (Fsp3) is 0.462. The summed E-state index contributed by atoms with van der Waals surface area (Å²) in [7, 11) is -2.92. The Morgan fingerprint density at radius 1 is 1.30 bits per heavy atom. The predicted molar refractivity (Wildman–Crippen MR) is 73.9 cm³/mol. The molecule has 20 heavy (non-hydrogen) atoms. The topological polar surface area (TPSA) is 71.9 Å². The Morgan fingerprint density at radius 2 is 2.00 bits per heavy atom. The average molecular weight is 298 g/mol. The molecule has 0 atom stereocenters.